The lowest BCUT2D eigenvalue weighted by atomic mass is 9.81. The standard InChI is InChI=1S/C27H26BrFN4O/c1-33(2)15-3-14-27(21-7-11-23(29)12-8-21)24-13-6-19(16-20(24)17-34-27)26-30-25(31-32-26)18-4-9-22(28)10-5-18/h4-13,16H,3,14-15,17H2,1-2H3,(H,30,31,32)/t27-/m0/s1. The third-order valence-electron chi connectivity index (χ3n) is 6.32. The molecule has 0 spiro atoms. The van der Waals surface area contributed by atoms with E-state index in [1.54, 1.807) is 0 Å². The number of aromatic nitrogens is 3. The van der Waals surface area contributed by atoms with Crippen molar-refractivity contribution in [1.29, 1.82) is 0 Å². The van der Waals surface area contributed by atoms with Crippen LogP contribution in [0.1, 0.15) is 29.5 Å². The van der Waals surface area contributed by atoms with Crippen molar-refractivity contribution in [1.82, 2.24) is 20.1 Å². The van der Waals surface area contributed by atoms with E-state index in [-0.39, 0.29) is 5.82 Å². The number of ether oxygens (including phenoxy) is 1. The van der Waals surface area contributed by atoms with E-state index < -0.39 is 5.60 Å². The van der Waals surface area contributed by atoms with Crippen LogP contribution in [0.5, 0.6) is 0 Å². The zero-order chi connectivity index (χ0) is 23.7. The predicted octanol–water partition coefficient (Wildman–Crippen LogP) is 6.16. The molecule has 0 radical (unpaired) electrons. The summed E-state index contributed by atoms with van der Waals surface area (Å²) in [4.78, 5) is 6.88. The average molecular weight is 521 g/mol. The normalized spacial score (nSPS) is 17.3. The fraction of sp³-hybridized carbons (Fsp3) is 0.259. The molecule has 5 nitrogen and oxygen atoms in total. The highest BCUT2D eigenvalue weighted by Crippen LogP contribution is 2.46. The van der Waals surface area contributed by atoms with Gasteiger partial charge in [-0.05, 0) is 80.5 Å². The van der Waals surface area contributed by atoms with Crippen molar-refractivity contribution in [3.63, 3.8) is 0 Å². The average Bonchev–Trinajstić information content (AvgIpc) is 3.46. The summed E-state index contributed by atoms with van der Waals surface area (Å²) in [6.45, 7) is 1.45. The van der Waals surface area contributed by atoms with Crippen molar-refractivity contribution in [3.05, 3.63) is 93.7 Å². The minimum atomic E-state index is -0.584. The monoisotopic (exact) mass is 520 g/mol. The fourth-order valence-electron chi connectivity index (χ4n) is 4.61. The molecule has 2 heterocycles. The van der Waals surface area contributed by atoms with Crippen LogP contribution < -0.4 is 0 Å². The van der Waals surface area contributed by atoms with Gasteiger partial charge in [0.2, 0.25) is 0 Å². The molecule has 0 bridgehead atoms. The molecule has 0 fully saturated rings. The number of rotatable bonds is 7. The summed E-state index contributed by atoms with van der Waals surface area (Å²) in [6, 6.07) is 20.9. The first-order valence-electron chi connectivity index (χ1n) is 11.3. The number of H-pyrrole nitrogens is 1. The summed E-state index contributed by atoms with van der Waals surface area (Å²) in [5.74, 6) is 1.13. The summed E-state index contributed by atoms with van der Waals surface area (Å²) in [5.41, 5.74) is 4.55. The maximum Gasteiger partial charge on any atom is 0.181 e. The van der Waals surface area contributed by atoms with E-state index >= 15 is 0 Å². The van der Waals surface area contributed by atoms with Crippen molar-refractivity contribution in [2.24, 2.45) is 0 Å². The SMILES string of the molecule is CN(C)CCC[C@@]1(c2ccc(F)cc2)OCc2cc(-c3n[nH]c(-c4ccc(Br)cc4)n3)ccc21. The van der Waals surface area contributed by atoms with Crippen LogP contribution >= 0.6 is 15.9 Å². The Kier molecular flexibility index (Phi) is 6.34. The Balaban J connectivity index is 1.48. The lowest BCUT2D eigenvalue weighted by Gasteiger charge is -2.31. The summed E-state index contributed by atoms with van der Waals surface area (Å²) in [6.07, 6.45) is 1.78. The molecule has 1 aliphatic rings. The van der Waals surface area contributed by atoms with Crippen molar-refractivity contribution < 1.29 is 9.13 Å². The molecule has 7 heteroatoms. The van der Waals surface area contributed by atoms with Crippen LogP contribution in [-0.2, 0) is 16.9 Å². The highest BCUT2D eigenvalue weighted by molar-refractivity contribution is 9.10. The van der Waals surface area contributed by atoms with Crippen LogP contribution in [-0.4, -0.2) is 40.7 Å². The van der Waals surface area contributed by atoms with Gasteiger partial charge in [-0.25, -0.2) is 9.37 Å². The number of fused-ring (bicyclic) bond motifs is 1. The van der Waals surface area contributed by atoms with Crippen molar-refractivity contribution >= 4 is 15.9 Å². The minimum Gasteiger partial charge on any atom is -0.361 e. The quantitative estimate of drug-likeness (QED) is 0.317. The first kappa shape index (κ1) is 22.9. The highest BCUT2D eigenvalue weighted by atomic mass is 79.9. The molecule has 34 heavy (non-hydrogen) atoms. The molecule has 1 aromatic heterocycles. The van der Waals surface area contributed by atoms with Gasteiger partial charge in [-0.15, -0.1) is 0 Å². The van der Waals surface area contributed by atoms with E-state index in [4.69, 9.17) is 9.72 Å². The molecule has 0 amide bonds. The van der Waals surface area contributed by atoms with Crippen LogP contribution in [0.3, 0.4) is 0 Å². The zero-order valence-electron chi connectivity index (χ0n) is 19.2. The van der Waals surface area contributed by atoms with Crippen molar-refractivity contribution in [2.45, 2.75) is 25.0 Å². The molecule has 1 N–H and O–H groups in total. The van der Waals surface area contributed by atoms with Gasteiger partial charge in [0.05, 0.1) is 6.61 Å². The lowest BCUT2D eigenvalue weighted by molar-refractivity contribution is -0.0140. The van der Waals surface area contributed by atoms with Gasteiger partial charge in [-0.3, -0.25) is 5.10 Å². The maximum absolute atomic E-state index is 13.7. The molecular weight excluding hydrogens is 495 g/mol. The van der Waals surface area contributed by atoms with Gasteiger partial charge >= 0.3 is 0 Å². The van der Waals surface area contributed by atoms with Gasteiger partial charge in [0.1, 0.15) is 11.4 Å². The van der Waals surface area contributed by atoms with E-state index in [9.17, 15) is 4.39 Å². The number of aromatic amines is 1. The molecule has 0 aliphatic carbocycles. The molecule has 1 aliphatic heterocycles. The molecule has 4 aromatic rings. The Morgan fingerprint density at radius 1 is 1.03 bits per heavy atom. The van der Waals surface area contributed by atoms with Gasteiger partial charge in [0.15, 0.2) is 11.6 Å². The van der Waals surface area contributed by atoms with E-state index in [0.717, 1.165) is 57.5 Å². The topological polar surface area (TPSA) is 54.0 Å². The fourth-order valence-corrected chi connectivity index (χ4v) is 4.87. The van der Waals surface area contributed by atoms with Gasteiger partial charge in [0.25, 0.3) is 0 Å². The van der Waals surface area contributed by atoms with Gasteiger partial charge in [0, 0.05) is 15.6 Å². The van der Waals surface area contributed by atoms with Gasteiger partial charge < -0.3 is 9.64 Å². The van der Waals surface area contributed by atoms with Crippen LogP contribution in [0.2, 0.25) is 0 Å². The summed E-state index contributed by atoms with van der Waals surface area (Å²) < 4.78 is 21.2. The molecule has 1 atom stereocenters. The van der Waals surface area contributed by atoms with Crippen LogP contribution in [0, 0.1) is 5.82 Å². The number of nitrogens with one attached hydrogen (secondary N) is 1. The Hall–Kier alpha value is -2.87. The molecular formula is C27H26BrFN4O. The number of hydrogen-bond acceptors (Lipinski definition) is 4. The number of hydrogen-bond donors (Lipinski definition) is 1. The number of nitrogens with zero attached hydrogens (tertiary/aromatic N) is 3. The second-order valence-electron chi connectivity index (χ2n) is 8.92. The largest absolute Gasteiger partial charge is 0.361 e. The van der Waals surface area contributed by atoms with Crippen molar-refractivity contribution in [2.75, 3.05) is 20.6 Å². The Morgan fingerprint density at radius 2 is 1.76 bits per heavy atom. The van der Waals surface area contributed by atoms with Crippen LogP contribution in [0.4, 0.5) is 4.39 Å². The smallest absolute Gasteiger partial charge is 0.181 e. The van der Waals surface area contributed by atoms with E-state index in [2.05, 4.69) is 57.3 Å². The Bertz CT molecular complexity index is 1290. The Labute approximate surface area is 207 Å². The molecule has 0 saturated carbocycles. The molecule has 0 saturated heterocycles. The second-order valence-corrected chi connectivity index (χ2v) is 9.83. The van der Waals surface area contributed by atoms with Gasteiger partial charge in [-0.1, -0.05) is 52.3 Å². The van der Waals surface area contributed by atoms with E-state index in [1.165, 1.54) is 12.1 Å². The second kappa shape index (κ2) is 9.41. The molecule has 3 aromatic carbocycles. The van der Waals surface area contributed by atoms with Crippen LogP contribution in [0.15, 0.2) is 71.2 Å². The van der Waals surface area contributed by atoms with Crippen LogP contribution in [0.25, 0.3) is 22.8 Å². The minimum absolute atomic E-state index is 0.244. The predicted molar refractivity (Wildman–Crippen MR) is 135 cm³/mol. The molecule has 0 unspecified atom stereocenters. The number of halogens is 2. The zero-order valence-corrected chi connectivity index (χ0v) is 20.8. The summed E-state index contributed by atoms with van der Waals surface area (Å²) in [5, 5.41) is 7.49. The van der Waals surface area contributed by atoms with Gasteiger partial charge in [-0.2, -0.15) is 5.10 Å². The molecule has 5 rings (SSSR count). The first-order chi connectivity index (χ1) is 16.4. The maximum atomic E-state index is 13.7. The van der Waals surface area contributed by atoms with E-state index in [0.29, 0.717) is 12.4 Å². The summed E-state index contributed by atoms with van der Waals surface area (Å²) in [7, 11) is 4.14. The lowest BCUT2D eigenvalue weighted by Crippen LogP contribution is -2.28. The van der Waals surface area contributed by atoms with E-state index in [1.807, 2.05) is 42.5 Å². The third-order valence-corrected chi connectivity index (χ3v) is 6.85. The Morgan fingerprint density at radius 3 is 2.50 bits per heavy atom. The number of benzene rings is 3. The van der Waals surface area contributed by atoms with Crippen molar-refractivity contribution in [3.8, 4) is 22.8 Å². The highest BCUT2D eigenvalue weighted by Gasteiger charge is 2.41. The first-order valence-corrected chi connectivity index (χ1v) is 12.1. The molecule has 174 valence electrons. The summed E-state index contributed by atoms with van der Waals surface area (Å²) >= 11 is 3.46. The third kappa shape index (κ3) is 4.43.